The van der Waals surface area contributed by atoms with Crippen LogP contribution in [0.1, 0.15) is 43.2 Å². The van der Waals surface area contributed by atoms with Gasteiger partial charge in [-0.1, -0.05) is 35.5 Å². The average Bonchev–Trinajstić information content (AvgIpc) is 3.43. The van der Waals surface area contributed by atoms with E-state index in [4.69, 9.17) is 4.42 Å². The standard InChI is InChI=1S/C24H24F2N6O/c1-15(2)31-12-20(13-31)18-4-3-5-19(10-18)21-14-32(30-27-21)11-16-6-8-17(9-7-16)23-28-29-24(33-23)22(25)26/h3-10,14-15,20,22H,11-13H2,1-2H3. The van der Waals surface area contributed by atoms with Gasteiger partial charge in [-0.2, -0.15) is 8.78 Å². The van der Waals surface area contributed by atoms with Gasteiger partial charge in [-0.05, 0) is 43.2 Å². The Labute approximate surface area is 190 Å². The van der Waals surface area contributed by atoms with E-state index in [-0.39, 0.29) is 5.89 Å². The van der Waals surface area contributed by atoms with Crippen LogP contribution in [0.2, 0.25) is 0 Å². The fourth-order valence-electron chi connectivity index (χ4n) is 3.98. The number of likely N-dealkylation sites (tertiary alicyclic amines) is 1. The van der Waals surface area contributed by atoms with Crippen molar-refractivity contribution in [1.29, 1.82) is 0 Å². The first kappa shape index (κ1) is 21.4. The first-order valence-corrected chi connectivity index (χ1v) is 10.9. The van der Waals surface area contributed by atoms with Gasteiger partial charge in [0.15, 0.2) is 0 Å². The van der Waals surface area contributed by atoms with Gasteiger partial charge >= 0.3 is 6.43 Å². The molecule has 2 aromatic carbocycles. The van der Waals surface area contributed by atoms with Crippen LogP contribution in [-0.4, -0.2) is 49.2 Å². The highest BCUT2D eigenvalue weighted by atomic mass is 19.3. The van der Waals surface area contributed by atoms with E-state index in [9.17, 15) is 8.78 Å². The minimum Gasteiger partial charge on any atom is -0.415 e. The fourth-order valence-corrected chi connectivity index (χ4v) is 3.98. The molecule has 0 aliphatic carbocycles. The predicted molar refractivity (Wildman–Crippen MR) is 119 cm³/mol. The molecule has 3 heterocycles. The van der Waals surface area contributed by atoms with Crippen LogP contribution in [-0.2, 0) is 6.54 Å². The minimum absolute atomic E-state index is 0.0720. The molecule has 0 spiro atoms. The summed E-state index contributed by atoms with van der Waals surface area (Å²) in [5, 5.41) is 15.7. The van der Waals surface area contributed by atoms with E-state index in [0.29, 0.717) is 24.1 Å². The molecular weight excluding hydrogens is 426 g/mol. The summed E-state index contributed by atoms with van der Waals surface area (Å²) in [7, 11) is 0. The summed E-state index contributed by atoms with van der Waals surface area (Å²) in [6.07, 6.45) is -0.850. The zero-order chi connectivity index (χ0) is 22.9. The molecule has 1 saturated heterocycles. The van der Waals surface area contributed by atoms with E-state index in [0.717, 1.165) is 29.9 Å². The summed E-state index contributed by atoms with van der Waals surface area (Å²) >= 11 is 0. The van der Waals surface area contributed by atoms with E-state index in [1.54, 1.807) is 16.8 Å². The van der Waals surface area contributed by atoms with Crippen molar-refractivity contribution >= 4 is 0 Å². The maximum atomic E-state index is 12.6. The molecule has 0 N–H and O–H groups in total. The van der Waals surface area contributed by atoms with Crippen molar-refractivity contribution in [2.75, 3.05) is 13.1 Å². The Morgan fingerprint density at radius 1 is 1.00 bits per heavy atom. The van der Waals surface area contributed by atoms with Gasteiger partial charge in [0.2, 0.25) is 5.89 Å². The topological polar surface area (TPSA) is 72.9 Å². The zero-order valence-electron chi connectivity index (χ0n) is 18.4. The van der Waals surface area contributed by atoms with E-state index in [2.05, 4.69) is 63.5 Å². The summed E-state index contributed by atoms with van der Waals surface area (Å²) in [5.74, 6) is -0.0397. The Bertz CT molecular complexity index is 1230. The molecule has 1 aliphatic heterocycles. The predicted octanol–water partition coefficient (Wildman–Crippen LogP) is 4.79. The molecule has 5 rings (SSSR count). The molecule has 33 heavy (non-hydrogen) atoms. The first-order valence-electron chi connectivity index (χ1n) is 10.9. The molecule has 9 heteroatoms. The molecule has 1 fully saturated rings. The Morgan fingerprint density at radius 2 is 1.79 bits per heavy atom. The quantitative estimate of drug-likeness (QED) is 0.403. The smallest absolute Gasteiger partial charge is 0.314 e. The molecule has 2 aromatic heterocycles. The van der Waals surface area contributed by atoms with Crippen molar-refractivity contribution in [2.45, 2.75) is 38.8 Å². The van der Waals surface area contributed by atoms with Crippen LogP contribution in [0.15, 0.2) is 59.1 Å². The van der Waals surface area contributed by atoms with Crippen LogP contribution >= 0.6 is 0 Å². The van der Waals surface area contributed by atoms with Crippen LogP contribution in [0.25, 0.3) is 22.7 Å². The molecule has 170 valence electrons. The van der Waals surface area contributed by atoms with Gasteiger partial charge < -0.3 is 4.42 Å². The SMILES string of the molecule is CC(C)N1CC(c2cccc(-c3cn(Cc4ccc(-c5nnc(C(F)F)o5)cc4)nn3)c2)C1. The van der Waals surface area contributed by atoms with Crippen LogP contribution < -0.4 is 0 Å². The molecule has 0 radical (unpaired) electrons. The fraction of sp³-hybridized carbons (Fsp3) is 0.333. The van der Waals surface area contributed by atoms with Gasteiger partial charge in [0.05, 0.1) is 12.7 Å². The van der Waals surface area contributed by atoms with Crippen LogP contribution in [0.4, 0.5) is 8.78 Å². The number of halogens is 2. The second kappa shape index (κ2) is 8.82. The highest BCUT2D eigenvalue weighted by Crippen LogP contribution is 2.31. The van der Waals surface area contributed by atoms with Gasteiger partial charge in [-0.25, -0.2) is 4.68 Å². The van der Waals surface area contributed by atoms with Crippen molar-refractivity contribution in [1.82, 2.24) is 30.1 Å². The van der Waals surface area contributed by atoms with Crippen molar-refractivity contribution in [3.05, 3.63) is 71.7 Å². The van der Waals surface area contributed by atoms with Gasteiger partial charge in [-0.15, -0.1) is 15.3 Å². The van der Waals surface area contributed by atoms with Gasteiger partial charge in [-0.3, -0.25) is 4.90 Å². The molecule has 1 aliphatic rings. The molecular formula is C24H24F2N6O. The molecule has 0 unspecified atom stereocenters. The van der Waals surface area contributed by atoms with Crippen molar-refractivity contribution in [2.24, 2.45) is 0 Å². The number of aromatic nitrogens is 5. The van der Waals surface area contributed by atoms with Crippen molar-refractivity contribution in [3.63, 3.8) is 0 Å². The van der Waals surface area contributed by atoms with Crippen molar-refractivity contribution < 1.29 is 13.2 Å². The Hall–Kier alpha value is -3.46. The summed E-state index contributed by atoms with van der Waals surface area (Å²) in [4.78, 5) is 2.47. The third-order valence-corrected chi connectivity index (χ3v) is 6.01. The van der Waals surface area contributed by atoms with Gasteiger partial charge in [0.1, 0.15) is 5.69 Å². The Balaban J connectivity index is 1.25. The lowest BCUT2D eigenvalue weighted by Gasteiger charge is -2.42. The lowest BCUT2D eigenvalue weighted by atomic mass is 9.89. The minimum atomic E-state index is -2.78. The normalized spacial score (nSPS) is 14.8. The summed E-state index contributed by atoms with van der Waals surface area (Å²) in [6, 6.07) is 16.4. The molecule has 4 aromatic rings. The number of rotatable bonds is 7. The maximum absolute atomic E-state index is 12.6. The zero-order valence-corrected chi connectivity index (χ0v) is 18.4. The number of nitrogens with zero attached hydrogens (tertiary/aromatic N) is 6. The highest BCUT2D eigenvalue weighted by molar-refractivity contribution is 5.59. The molecule has 7 nitrogen and oxygen atoms in total. The molecule has 0 saturated carbocycles. The monoisotopic (exact) mass is 450 g/mol. The molecule has 0 bridgehead atoms. The highest BCUT2D eigenvalue weighted by Gasteiger charge is 2.29. The van der Waals surface area contributed by atoms with E-state index >= 15 is 0 Å². The number of alkyl halides is 2. The summed E-state index contributed by atoms with van der Waals surface area (Å²) in [5.41, 5.74) is 4.80. The Kier molecular flexibility index (Phi) is 5.72. The lowest BCUT2D eigenvalue weighted by Crippen LogP contribution is -2.48. The second-order valence-electron chi connectivity index (χ2n) is 8.61. The first-order chi connectivity index (χ1) is 16.0. The largest absolute Gasteiger partial charge is 0.415 e. The second-order valence-corrected chi connectivity index (χ2v) is 8.61. The van der Waals surface area contributed by atoms with Crippen molar-refractivity contribution in [3.8, 4) is 22.7 Å². The Morgan fingerprint density at radius 3 is 2.48 bits per heavy atom. The summed E-state index contributed by atoms with van der Waals surface area (Å²) < 4.78 is 32.1. The van der Waals surface area contributed by atoms with Crippen LogP contribution in [0.3, 0.4) is 0 Å². The maximum Gasteiger partial charge on any atom is 0.314 e. The van der Waals surface area contributed by atoms with Gasteiger partial charge in [0.25, 0.3) is 5.89 Å². The summed E-state index contributed by atoms with van der Waals surface area (Å²) in [6.45, 7) is 7.18. The van der Waals surface area contributed by atoms with E-state index < -0.39 is 12.3 Å². The number of benzene rings is 2. The molecule has 0 atom stereocenters. The molecule has 0 amide bonds. The third-order valence-electron chi connectivity index (χ3n) is 6.01. The number of hydrogen-bond donors (Lipinski definition) is 0. The van der Waals surface area contributed by atoms with E-state index in [1.807, 2.05) is 18.3 Å². The third kappa shape index (κ3) is 4.54. The number of hydrogen-bond acceptors (Lipinski definition) is 6. The lowest BCUT2D eigenvalue weighted by molar-refractivity contribution is 0.110. The van der Waals surface area contributed by atoms with E-state index in [1.165, 1.54) is 5.56 Å². The van der Waals surface area contributed by atoms with Gasteiger partial charge in [0, 0.05) is 36.2 Å². The average molecular weight is 450 g/mol. The van der Waals surface area contributed by atoms with Crippen LogP contribution in [0.5, 0.6) is 0 Å². The van der Waals surface area contributed by atoms with Crippen LogP contribution in [0, 0.1) is 0 Å².